The Hall–Kier alpha value is -3.15. The van der Waals surface area contributed by atoms with Gasteiger partial charge in [0.15, 0.2) is 0 Å². The third kappa shape index (κ3) is 4.03. The van der Waals surface area contributed by atoms with Crippen molar-refractivity contribution in [1.82, 2.24) is 9.78 Å². The number of aryl methyl sites for hydroxylation is 1. The maximum absolute atomic E-state index is 13.0. The zero-order valence-electron chi connectivity index (χ0n) is 14.0. The number of ether oxygens (including phenoxy) is 1. The maximum Gasteiger partial charge on any atom is 0.256 e. The first kappa shape index (κ1) is 16.7. The predicted octanol–water partition coefficient (Wildman–Crippen LogP) is 3.64. The number of nitrogens with one attached hydrogen (secondary N) is 1. The van der Waals surface area contributed by atoms with Gasteiger partial charge in [-0.05, 0) is 42.8 Å². The van der Waals surface area contributed by atoms with Gasteiger partial charge in [-0.3, -0.25) is 4.79 Å². The number of carbonyl (C=O) groups excluding carboxylic acids is 1. The number of anilines is 1. The second-order valence-corrected chi connectivity index (χ2v) is 5.64. The van der Waals surface area contributed by atoms with Gasteiger partial charge in [-0.2, -0.15) is 5.10 Å². The Morgan fingerprint density at radius 3 is 2.68 bits per heavy atom. The number of carbonyl (C=O) groups is 1. The summed E-state index contributed by atoms with van der Waals surface area (Å²) in [7, 11) is 1.55. The van der Waals surface area contributed by atoms with Crippen molar-refractivity contribution in [3.63, 3.8) is 0 Å². The Bertz CT molecular complexity index is 888. The van der Waals surface area contributed by atoms with Gasteiger partial charge >= 0.3 is 0 Å². The molecule has 0 saturated carbocycles. The van der Waals surface area contributed by atoms with Crippen LogP contribution in [0.15, 0.2) is 54.6 Å². The molecular weight excluding hydrogens is 321 g/mol. The highest BCUT2D eigenvalue weighted by atomic mass is 19.1. The van der Waals surface area contributed by atoms with E-state index in [0.717, 1.165) is 11.3 Å². The van der Waals surface area contributed by atoms with Crippen molar-refractivity contribution < 1.29 is 13.9 Å². The molecule has 0 aliphatic carbocycles. The van der Waals surface area contributed by atoms with Crippen LogP contribution in [0, 0.1) is 12.7 Å². The van der Waals surface area contributed by atoms with Gasteiger partial charge in [0.2, 0.25) is 0 Å². The lowest BCUT2D eigenvalue weighted by atomic mass is 10.2. The Labute approximate surface area is 145 Å². The van der Waals surface area contributed by atoms with Gasteiger partial charge in [0, 0.05) is 11.6 Å². The Balaban J connectivity index is 1.80. The van der Waals surface area contributed by atoms with Crippen molar-refractivity contribution in [2.24, 2.45) is 0 Å². The number of methoxy groups -OCH3 is 1. The standard InChI is InChI=1S/C19H18FN3O2/c1-13-10-18(21-19(24)15-4-3-5-17(11-15)25-2)23(22-13)12-14-6-8-16(20)9-7-14/h3-11H,12H2,1-2H3,(H,21,24). The van der Waals surface area contributed by atoms with E-state index in [-0.39, 0.29) is 11.7 Å². The van der Waals surface area contributed by atoms with Crippen LogP contribution in [0.4, 0.5) is 10.2 Å². The van der Waals surface area contributed by atoms with Crippen molar-refractivity contribution in [3.8, 4) is 5.75 Å². The summed E-state index contributed by atoms with van der Waals surface area (Å²) in [5, 5.41) is 7.25. The summed E-state index contributed by atoms with van der Waals surface area (Å²) in [6.45, 7) is 2.28. The molecule has 1 amide bonds. The number of rotatable bonds is 5. The topological polar surface area (TPSA) is 56.1 Å². The molecule has 0 radical (unpaired) electrons. The molecular formula is C19H18FN3O2. The normalized spacial score (nSPS) is 10.5. The van der Waals surface area contributed by atoms with Crippen LogP contribution < -0.4 is 10.1 Å². The van der Waals surface area contributed by atoms with Crippen LogP contribution in [0.25, 0.3) is 0 Å². The number of amides is 1. The number of aromatic nitrogens is 2. The maximum atomic E-state index is 13.0. The van der Waals surface area contributed by atoms with Crippen LogP contribution >= 0.6 is 0 Å². The third-order valence-corrected chi connectivity index (χ3v) is 3.72. The quantitative estimate of drug-likeness (QED) is 0.772. The van der Waals surface area contributed by atoms with E-state index < -0.39 is 0 Å². The second-order valence-electron chi connectivity index (χ2n) is 5.64. The molecule has 1 N–H and O–H groups in total. The number of benzene rings is 2. The van der Waals surface area contributed by atoms with Crippen LogP contribution in [0.3, 0.4) is 0 Å². The van der Waals surface area contributed by atoms with Gasteiger partial charge < -0.3 is 10.1 Å². The average Bonchev–Trinajstić information content (AvgIpc) is 2.96. The first-order valence-corrected chi connectivity index (χ1v) is 7.79. The molecule has 3 rings (SSSR count). The summed E-state index contributed by atoms with van der Waals surface area (Å²) >= 11 is 0. The molecule has 2 aromatic carbocycles. The van der Waals surface area contributed by atoms with E-state index in [1.807, 2.05) is 6.92 Å². The number of hydrogen-bond acceptors (Lipinski definition) is 3. The molecule has 3 aromatic rings. The highest BCUT2D eigenvalue weighted by molar-refractivity contribution is 6.04. The summed E-state index contributed by atoms with van der Waals surface area (Å²) in [6.07, 6.45) is 0. The fourth-order valence-electron chi connectivity index (χ4n) is 2.48. The van der Waals surface area contributed by atoms with Crippen LogP contribution in [0.1, 0.15) is 21.6 Å². The van der Waals surface area contributed by atoms with Crippen LogP contribution in [0.5, 0.6) is 5.75 Å². The van der Waals surface area contributed by atoms with E-state index in [1.54, 1.807) is 54.3 Å². The van der Waals surface area contributed by atoms with Gasteiger partial charge in [-0.15, -0.1) is 0 Å². The number of halogens is 1. The van der Waals surface area contributed by atoms with E-state index in [2.05, 4.69) is 10.4 Å². The van der Waals surface area contributed by atoms with Crippen molar-refractivity contribution in [2.45, 2.75) is 13.5 Å². The van der Waals surface area contributed by atoms with E-state index in [4.69, 9.17) is 4.74 Å². The Kier molecular flexibility index (Phi) is 4.79. The minimum atomic E-state index is -0.285. The first-order valence-electron chi connectivity index (χ1n) is 7.79. The molecule has 5 nitrogen and oxygen atoms in total. The summed E-state index contributed by atoms with van der Waals surface area (Å²) in [5.41, 5.74) is 2.16. The fourth-order valence-corrected chi connectivity index (χ4v) is 2.48. The third-order valence-electron chi connectivity index (χ3n) is 3.72. The second kappa shape index (κ2) is 7.17. The minimum Gasteiger partial charge on any atom is -0.497 e. The number of nitrogens with zero attached hydrogens (tertiary/aromatic N) is 2. The van der Waals surface area contributed by atoms with E-state index in [9.17, 15) is 9.18 Å². The Morgan fingerprint density at radius 1 is 1.20 bits per heavy atom. The fraction of sp³-hybridized carbons (Fsp3) is 0.158. The van der Waals surface area contributed by atoms with Crippen molar-refractivity contribution in [3.05, 3.63) is 77.2 Å². The van der Waals surface area contributed by atoms with Gasteiger partial charge in [0.1, 0.15) is 17.4 Å². The predicted molar refractivity (Wildman–Crippen MR) is 93.4 cm³/mol. The number of hydrogen-bond donors (Lipinski definition) is 1. The van der Waals surface area contributed by atoms with Gasteiger partial charge in [0.05, 0.1) is 19.3 Å². The lowest BCUT2D eigenvalue weighted by Gasteiger charge is -2.10. The zero-order chi connectivity index (χ0) is 17.8. The van der Waals surface area contributed by atoms with Gasteiger partial charge in [-0.1, -0.05) is 18.2 Å². The SMILES string of the molecule is COc1cccc(C(=O)Nc2cc(C)nn2Cc2ccc(F)cc2)c1. The highest BCUT2D eigenvalue weighted by Gasteiger charge is 2.12. The molecule has 0 saturated heterocycles. The van der Waals surface area contributed by atoms with E-state index in [1.165, 1.54) is 12.1 Å². The molecule has 0 unspecified atom stereocenters. The smallest absolute Gasteiger partial charge is 0.256 e. The molecule has 0 aliphatic heterocycles. The average molecular weight is 339 g/mol. The molecule has 0 aliphatic rings. The Morgan fingerprint density at radius 2 is 1.96 bits per heavy atom. The molecule has 25 heavy (non-hydrogen) atoms. The van der Waals surface area contributed by atoms with Crippen LogP contribution in [-0.2, 0) is 6.54 Å². The van der Waals surface area contributed by atoms with Gasteiger partial charge in [-0.25, -0.2) is 9.07 Å². The van der Waals surface area contributed by atoms with E-state index >= 15 is 0 Å². The molecule has 0 atom stereocenters. The zero-order valence-corrected chi connectivity index (χ0v) is 14.0. The molecule has 128 valence electrons. The lowest BCUT2D eigenvalue weighted by Crippen LogP contribution is -2.16. The van der Waals surface area contributed by atoms with Crippen molar-refractivity contribution >= 4 is 11.7 Å². The highest BCUT2D eigenvalue weighted by Crippen LogP contribution is 2.17. The van der Waals surface area contributed by atoms with Crippen molar-refractivity contribution in [1.29, 1.82) is 0 Å². The van der Waals surface area contributed by atoms with Crippen LogP contribution in [0.2, 0.25) is 0 Å². The molecule has 0 spiro atoms. The summed E-state index contributed by atoms with van der Waals surface area (Å²) in [6, 6.07) is 14.9. The molecule has 1 heterocycles. The summed E-state index contributed by atoms with van der Waals surface area (Å²) < 4.78 is 19.9. The summed E-state index contributed by atoms with van der Waals surface area (Å²) in [5.74, 6) is 0.657. The molecule has 0 bridgehead atoms. The van der Waals surface area contributed by atoms with Crippen LogP contribution in [-0.4, -0.2) is 22.8 Å². The molecule has 1 aromatic heterocycles. The molecule has 0 fully saturated rings. The monoisotopic (exact) mass is 339 g/mol. The lowest BCUT2D eigenvalue weighted by molar-refractivity contribution is 0.102. The van der Waals surface area contributed by atoms with E-state index in [0.29, 0.717) is 23.7 Å². The molecule has 6 heteroatoms. The largest absolute Gasteiger partial charge is 0.497 e. The van der Waals surface area contributed by atoms with Crippen molar-refractivity contribution in [2.75, 3.05) is 12.4 Å². The van der Waals surface area contributed by atoms with Gasteiger partial charge in [0.25, 0.3) is 5.91 Å². The summed E-state index contributed by atoms with van der Waals surface area (Å²) in [4.78, 5) is 12.5. The minimum absolute atomic E-state index is 0.251. The first-order chi connectivity index (χ1) is 12.0.